The van der Waals surface area contributed by atoms with Gasteiger partial charge in [0.2, 0.25) is 0 Å². The smallest absolute Gasteiger partial charge is 0.0920 e. The van der Waals surface area contributed by atoms with Gasteiger partial charge in [0, 0.05) is 10.6 Å². The highest BCUT2D eigenvalue weighted by Gasteiger charge is 2.15. The standard InChI is InChI=1S/C15H19NOS/c16-9-8-15(17)13-6-3-7-14(10-13)18-11-12-4-1-2-5-12/h3,6-7,10,12,15,17H,1-2,4-5,8,11H2. The van der Waals surface area contributed by atoms with E-state index >= 15 is 0 Å². The van der Waals surface area contributed by atoms with E-state index in [1.165, 1.54) is 36.3 Å². The molecule has 1 aromatic rings. The molecule has 1 aliphatic rings. The minimum Gasteiger partial charge on any atom is -0.387 e. The summed E-state index contributed by atoms with van der Waals surface area (Å²) in [6, 6.07) is 9.96. The zero-order chi connectivity index (χ0) is 12.8. The first-order chi connectivity index (χ1) is 8.79. The van der Waals surface area contributed by atoms with Gasteiger partial charge >= 0.3 is 0 Å². The maximum absolute atomic E-state index is 9.79. The molecule has 0 heterocycles. The van der Waals surface area contributed by atoms with Gasteiger partial charge in [-0.15, -0.1) is 11.8 Å². The number of hydrogen-bond donors (Lipinski definition) is 1. The lowest BCUT2D eigenvalue weighted by Crippen LogP contribution is -1.98. The molecule has 0 saturated heterocycles. The predicted molar refractivity (Wildman–Crippen MR) is 74.3 cm³/mol. The molecule has 0 spiro atoms. The third kappa shape index (κ3) is 3.76. The van der Waals surface area contributed by atoms with Gasteiger partial charge in [-0.3, -0.25) is 0 Å². The summed E-state index contributed by atoms with van der Waals surface area (Å²) in [7, 11) is 0. The van der Waals surface area contributed by atoms with E-state index in [1.54, 1.807) is 0 Å². The lowest BCUT2D eigenvalue weighted by molar-refractivity contribution is 0.183. The summed E-state index contributed by atoms with van der Waals surface area (Å²) >= 11 is 1.87. The van der Waals surface area contributed by atoms with Gasteiger partial charge < -0.3 is 5.11 Å². The van der Waals surface area contributed by atoms with Crippen molar-refractivity contribution in [2.24, 2.45) is 5.92 Å². The van der Waals surface area contributed by atoms with Crippen LogP contribution in [0.3, 0.4) is 0 Å². The molecule has 1 aliphatic carbocycles. The van der Waals surface area contributed by atoms with Crippen LogP contribution in [0, 0.1) is 17.2 Å². The Bertz CT molecular complexity index is 421. The van der Waals surface area contributed by atoms with Gasteiger partial charge in [0.05, 0.1) is 18.6 Å². The molecule has 1 aromatic carbocycles. The van der Waals surface area contributed by atoms with Crippen molar-refractivity contribution in [1.82, 2.24) is 0 Å². The molecule has 18 heavy (non-hydrogen) atoms. The van der Waals surface area contributed by atoms with Gasteiger partial charge in [-0.1, -0.05) is 25.0 Å². The predicted octanol–water partition coefficient (Wildman–Crippen LogP) is 3.92. The lowest BCUT2D eigenvalue weighted by Gasteiger charge is -2.11. The van der Waals surface area contributed by atoms with Gasteiger partial charge in [0.25, 0.3) is 0 Å². The van der Waals surface area contributed by atoms with E-state index in [4.69, 9.17) is 5.26 Å². The average molecular weight is 261 g/mol. The van der Waals surface area contributed by atoms with Crippen LogP contribution in [0.5, 0.6) is 0 Å². The fourth-order valence-electron chi connectivity index (χ4n) is 2.41. The van der Waals surface area contributed by atoms with E-state index in [2.05, 4.69) is 6.07 Å². The first kappa shape index (κ1) is 13.5. The fourth-order valence-corrected chi connectivity index (χ4v) is 3.56. The Morgan fingerprint density at radius 3 is 2.89 bits per heavy atom. The van der Waals surface area contributed by atoms with Crippen LogP contribution >= 0.6 is 11.8 Å². The van der Waals surface area contributed by atoms with E-state index in [0.717, 1.165) is 11.5 Å². The lowest BCUT2D eigenvalue weighted by atomic mass is 10.1. The van der Waals surface area contributed by atoms with Crippen molar-refractivity contribution in [3.05, 3.63) is 29.8 Å². The Morgan fingerprint density at radius 2 is 2.17 bits per heavy atom. The van der Waals surface area contributed by atoms with Crippen molar-refractivity contribution in [2.45, 2.75) is 43.1 Å². The molecule has 0 aliphatic heterocycles. The second-order valence-corrected chi connectivity index (χ2v) is 6.01. The quantitative estimate of drug-likeness (QED) is 0.817. The molecule has 2 rings (SSSR count). The maximum Gasteiger partial charge on any atom is 0.0920 e. The van der Waals surface area contributed by atoms with Crippen molar-refractivity contribution in [2.75, 3.05) is 5.75 Å². The highest BCUT2D eigenvalue weighted by Crippen LogP contribution is 2.31. The third-order valence-electron chi connectivity index (χ3n) is 3.49. The Labute approximate surface area is 113 Å². The largest absolute Gasteiger partial charge is 0.387 e. The van der Waals surface area contributed by atoms with Crippen LogP contribution in [0.4, 0.5) is 0 Å². The van der Waals surface area contributed by atoms with E-state index in [-0.39, 0.29) is 6.42 Å². The first-order valence-corrected chi connectivity index (χ1v) is 7.56. The molecule has 1 fully saturated rings. The summed E-state index contributed by atoms with van der Waals surface area (Å²) in [4.78, 5) is 1.20. The fraction of sp³-hybridized carbons (Fsp3) is 0.533. The highest BCUT2D eigenvalue weighted by atomic mass is 32.2. The van der Waals surface area contributed by atoms with Gasteiger partial charge in [-0.25, -0.2) is 0 Å². The minimum absolute atomic E-state index is 0.163. The summed E-state index contributed by atoms with van der Waals surface area (Å²) < 4.78 is 0. The summed E-state index contributed by atoms with van der Waals surface area (Å²) in [5, 5.41) is 18.4. The van der Waals surface area contributed by atoms with Crippen molar-refractivity contribution in [3.63, 3.8) is 0 Å². The number of nitrogens with zero attached hydrogens (tertiary/aromatic N) is 1. The molecule has 2 nitrogen and oxygen atoms in total. The SMILES string of the molecule is N#CCC(O)c1cccc(SCC2CCCC2)c1. The molecule has 3 heteroatoms. The van der Waals surface area contributed by atoms with E-state index in [0.29, 0.717) is 0 Å². The van der Waals surface area contributed by atoms with Crippen LogP contribution in [0.2, 0.25) is 0 Å². The zero-order valence-electron chi connectivity index (χ0n) is 10.5. The molecule has 0 radical (unpaired) electrons. The second kappa shape index (κ2) is 6.82. The average Bonchev–Trinajstić information content (AvgIpc) is 2.90. The molecular weight excluding hydrogens is 242 g/mol. The Hall–Kier alpha value is -0.980. The van der Waals surface area contributed by atoms with Gasteiger partial charge in [0.15, 0.2) is 0 Å². The molecule has 1 saturated carbocycles. The molecule has 0 aromatic heterocycles. The van der Waals surface area contributed by atoms with E-state index in [9.17, 15) is 5.11 Å². The van der Waals surface area contributed by atoms with Crippen LogP contribution in [0.1, 0.15) is 43.8 Å². The van der Waals surface area contributed by atoms with Gasteiger partial charge in [-0.2, -0.15) is 5.26 Å². The topological polar surface area (TPSA) is 44.0 Å². The number of hydrogen-bond acceptors (Lipinski definition) is 3. The molecule has 0 bridgehead atoms. The van der Waals surface area contributed by atoms with Crippen LogP contribution in [-0.4, -0.2) is 10.9 Å². The number of aliphatic hydroxyl groups excluding tert-OH is 1. The van der Waals surface area contributed by atoms with Crippen molar-refractivity contribution < 1.29 is 5.11 Å². The van der Waals surface area contributed by atoms with Crippen LogP contribution in [-0.2, 0) is 0 Å². The Balaban J connectivity index is 1.92. The normalized spacial score (nSPS) is 17.6. The monoisotopic (exact) mass is 261 g/mol. The van der Waals surface area contributed by atoms with Gasteiger partial charge in [0.1, 0.15) is 0 Å². The number of aliphatic hydroxyl groups is 1. The first-order valence-electron chi connectivity index (χ1n) is 6.57. The third-order valence-corrected chi connectivity index (χ3v) is 4.71. The summed E-state index contributed by atoms with van der Waals surface area (Å²) in [5.74, 6) is 2.04. The molecule has 1 atom stereocenters. The molecule has 0 amide bonds. The molecule has 1 unspecified atom stereocenters. The highest BCUT2D eigenvalue weighted by molar-refractivity contribution is 7.99. The number of rotatable bonds is 5. The number of nitriles is 1. The number of benzene rings is 1. The molecule has 1 N–H and O–H groups in total. The molecular formula is C15H19NOS. The van der Waals surface area contributed by atoms with Crippen LogP contribution in [0.15, 0.2) is 29.2 Å². The van der Waals surface area contributed by atoms with Gasteiger partial charge in [-0.05, 0) is 36.5 Å². The maximum atomic E-state index is 9.79. The summed E-state index contributed by atoms with van der Waals surface area (Å²) in [6.07, 6.45) is 5.00. The minimum atomic E-state index is -0.651. The Morgan fingerprint density at radius 1 is 1.39 bits per heavy atom. The van der Waals surface area contributed by atoms with Crippen LogP contribution in [0.25, 0.3) is 0 Å². The van der Waals surface area contributed by atoms with Crippen molar-refractivity contribution in [3.8, 4) is 6.07 Å². The summed E-state index contributed by atoms with van der Waals surface area (Å²) in [5.41, 5.74) is 0.855. The van der Waals surface area contributed by atoms with Crippen molar-refractivity contribution >= 4 is 11.8 Å². The zero-order valence-corrected chi connectivity index (χ0v) is 11.3. The van der Waals surface area contributed by atoms with E-state index in [1.807, 2.05) is 36.0 Å². The summed E-state index contributed by atoms with van der Waals surface area (Å²) in [6.45, 7) is 0. The second-order valence-electron chi connectivity index (χ2n) is 4.91. The van der Waals surface area contributed by atoms with Crippen molar-refractivity contribution in [1.29, 1.82) is 5.26 Å². The van der Waals surface area contributed by atoms with Crippen LogP contribution < -0.4 is 0 Å². The molecule has 96 valence electrons. The number of thioether (sulfide) groups is 1. The Kier molecular flexibility index (Phi) is 5.10. The van der Waals surface area contributed by atoms with E-state index < -0.39 is 6.10 Å².